The quantitative estimate of drug-likeness (QED) is 0.366. The van der Waals surface area contributed by atoms with Crippen LogP contribution in [0.25, 0.3) is 0 Å². The van der Waals surface area contributed by atoms with Gasteiger partial charge < -0.3 is 19.9 Å². The number of carboxylic acids is 1. The molecule has 0 aliphatic carbocycles. The lowest BCUT2D eigenvalue weighted by Gasteiger charge is -2.16. The number of carboxylic acid groups (broad SMARTS) is 1. The van der Waals surface area contributed by atoms with Gasteiger partial charge in [-0.25, -0.2) is 9.18 Å². The molecule has 3 aromatic carbocycles. The van der Waals surface area contributed by atoms with Gasteiger partial charge in [-0.1, -0.05) is 23.7 Å². The SMILES string of the molecule is COc1cc(CNc2cccc(C(=O)O)c2C)cc(Br)c1OCc1ccc(F)cc1Cl. The minimum atomic E-state index is -0.965. The molecule has 8 heteroatoms. The number of halogens is 3. The summed E-state index contributed by atoms with van der Waals surface area (Å²) in [5.41, 5.74) is 3.21. The zero-order chi connectivity index (χ0) is 22.5. The normalized spacial score (nSPS) is 10.6. The standard InChI is InChI=1S/C23H20BrClFNO4/c1-13-17(23(28)29)4-3-5-20(13)27-11-14-8-18(24)22(21(9-14)30-2)31-12-15-6-7-16(26)10-19(15)25/h3-10,27H,11-12H2,1-2H3,(H,28,29). The Morgan fingerprint density at radius 3 is 2.68 bits per heavy atom. The molecular weight excluding hydrogens is 489 g/mol. The van der Waals surface area contributed by atoms with Crippen LogP contribution >= 0.6 is 27.5 Å². The maximum atomic E-state index is 13.2. The lowest BCUT2D eigenvalue weighted by molar-refractivity contribution is 0.0696. The first-order chi connectivity index (χ1) is 14.8. The Morgan fingerprint density at radius 2 is 2.00 bits per heavy atom. The predicted molar refractivity (Wildman–Crippen MR) is 122 cm³/mol. The van der Waals surface area contributed by atoms with E-state index in [1.807, 2.05) is 18.2 Å². The van der Waals surface area contributed by atoms with Crippen molar-refractivity contribution in [2.45, 2.75) is 20.1 Å². The van der Waals surface area contributed by atoms with Gasteiger partial charge in [-0.15, -0.1) is 0 Å². The summed E-state index contributed by atoms with van der Waals surface area (Å²) in [6.45, 7) is 2.36. The number of hydrogen-bond acceptors (Lipinski definition) is 4. The molecule has 0 saturated carbocycles. The van der Waals surface area contributed by atoms with E-state index in [2.05, 4.69) is 21.2 Å². The van der Waals surface area contributed by atoms with E-state index in [9.17, 15) is 14.3 Å². The number of anilines is 1. The van der Waals surface area contributed by atoms with Crippen molar-refractivity contribution in [3.8, 4) is 11.5 Å². The van der Waals surface area contributed by atoms with Gasteiger partial charge in [0, 0.05) is 17.8 Å². The van der Waals surface area contributed by atoms with Crippen LogP contribution in [-0.2, 0) is 13.2 Å². The lowest BCUT2D eigenvalue weighted by Crippen LogP contribution is -2.06. The summed E-state index contributed by atoms with van der Waals surface area (Å²) in [5, 5.41) is 12.8. The summed E-state index contributed by atoms with van der Waals surface area (Å²) in [6.07, 6.45) is 0. The number of rotatable bonds is 8. The van der Waals surface area contributed by atoms with Gasteiger partial charge in [-0.2, -0.15) is 0 Å². The molecule has 0 atom stereocenters. The molecular formula is C23H20BrClFNO4. The van der Waals surface area contributed by atoms with Crippen molar-refractivity contribution >= 4 is 39.2 Å². The maximum absolute atomic E-state index is 13.2. The molecule has 0 bridgehead atoms. The molecule has 0 radical (unpaired) electrons. The highest BCUT2D eigenvalue weighted by Gasteiger charge is 2.14. The van der Waals surface area contributed by atoms with E-state index in [0.717, 1.165) is 11.3 Å². The van der Waals surface area contributed by atoms with Gasteiger partial charge in [0.2, 0.25) is 0 Å². The van der Waals surface area contributed by atoms with Crippen molar-refractivity contribution in [3.63, 3.8) is 0 Å². The van der Waals surface area contributed by atoms with Gasteiger partial charge in [-0.3, -0.25) is 0 Å². The average Bonchev–Trinajstić information content (AvgIpc) is 2.72. The Morgan fingerprint density at radius 1 is 1.23 bits per heavy atom. The molecule has 0 fully saturated rings. The molecule has 0 unspecified atom stereocenters. The largest absolute Gasteiger partial charge is 0.493 e. The Kier molecular flexibility index (Phi) is 7.41. The fourth-order valence-electron chi connectivity index (χ4n) is 3.06. The van der Waals surface area contributed by atoms with Gasteiger partial charge >= 0.3 is 5.97 Å². The van der Waals surface area contributed by atoms with Crippen LogP contribution in [0.2, 0.25) is 5.02 Å². The van der Waals surface area contributed by atoms with Crippen LogP contribution in [0, 0.1) is 12.7 Å². The van der Waals surface area contributed by atoms with Crippen LogP contribution in [-0.4, -0.2) is 18.2 Å². The number of methoxy groups -OCH3 is 1. The van der Waals surface area contributed by atoms with Crippen molar-refractivity contribution < 1.29 is 23.8 Å². The molecule has 0 spiro atoms. The van der Waals surface area contributed by atoms with Gasteiger partial charge in [-0.05, 0) is 70.4 Å². The van der Waals surface area contributed by atoms with Gasteiger partial charge in [0.15, 0.2) is 11.5 Å². The van der Waals surface area contributed by atoms with Crippen LogP contribution < -0.4 is 14.8 Å². The molecule has 162 valence electrons. The molecule has 5 nitrogen and oxygen atoms in total. The van der Waals surface area contributed by atoms with Crippen molar-refractivity contribution in [3.05, 3.63) is 86.1 Å². The highest BCUT2D eigenvalue weighted by Crippen LogP contribution is 2.38. The van der Waals surface area contributed by atoms with Crippen molar-refractivity contribution in [2.24, 2.45) is 0 Å². The number of hydrogen-bond donors (Lipinski definition) is 2. The number of benzene rings is 3. The minimum Gasteiger partial charge on any atom is -0.493 e. The Balaban J connectivity index is 1.76. The second-order valence-corrected chi connectivity index (χ2v) is 8.03. The molecule has 0 aliphatic rings. The predicted octanol–water partition coefficient (Wildman–Crippen LogP) is 6.45. The first-order valence-corrected chi connectivity index (χ1v) is 10.5. The first kappa shape index (κ1) is 22.9. The molecule has 2 N–H and O–H groups in total. The van der Waals surface area contributed by atoms with Gasteiger partial charge in [0.1, 0.15) is 12.4 Å². The average molecular weight is 509 g/mol. The molecule has 3 rings (SSSR count). The summed E-state index contributed by atoms with van der Waals surface area (Å²) in [6, 6.07) is 13.0. The number of ether oxygens (including phenoxy) is 2. The van der Waals surface area contributed by atoms with E-state index in [0.29, 0.717) is 33.6 Å². The second-order valence-electron chi connectivity index (χ2n) is 6.77. The van der Waals surface area contributed by atoms with Crippen LogP contribution in [0.4, 0.5) is 10.1 Å². The zero-order valence-corrected chi connectivity index (χ0v) is 19.2. The zero-order valence-electron chi connectivity index (χ0n) is 16.8. The minimum absolute atomic E-state index is 0.146. The van der Waals surface area contributed by atoms with E-state index < -0.39 is 11.8 Å². The fourth-order valence-corrected chi connectivity index (χ4v) is 3.89. The first-order valence-electron chi connectivity index (χ1n) is 9.30. The molecule has 0 amide bonds. The second kappa shape index (κ2) is 10.0. The summed E-state index contributed by atoms with van der Waals surface area (Å²) in [4.78, 5) is 11.3. The van der Waals surface area contributed by atoms with Gasteiger partial charge in [0.05, 0.1) is 22.2 Å². The Bertz CT molecular complexity index is 1120. The summed E-state index contributed by atoms with van der Waals surface area (Å²) in [5.74, 6) is -0.363. The van der Waals surface area contributed by atoms with E-state index in [4.69, 9.17) is 21.1 Å². The van der Waals surface area contributed by atoms with E-state index >= 15 is 0 Å². The summed E-state index contributed by atoms with van der Waals surface area (Å²) >= 11 is 9.58. The van der Waals surface area contributed by atoms with Crippen LogP contribution in [0.3, 0.4) is 0 Å². The monoisotopic (exact) mass is 507 g/mol. The van der Waals surface area contributed by atoms with E-state index in [1.54, 1.807) is 25.1 Å². The third kappa shape index (κ3) is 5.48. The molecule has 31 heavy (non-hydrogen) atoms. The highest BCUT2D eigenvalue weighted by atomic mass is 79.9. The molecule has 3 aromatic rings. The fraction of sp³-hybridized carbons (Fsp3) is 0.174. The third-order valence-corrected chi connectivity index (χ3v) is 5.66. The maximum Gasteiger partial charge on any atom is 0.336 e. The van der Waals surface area contributed by atoms with Crippen LogP contribution in [0.15, 0.2) is 53.0 Å². The molecule has 0 saturated heterocycles. The third-order valence-electron chi connectivity index (χ3n) is 4.72. The topological polar surface area (TPSA) is 67.8 Å². The molecule has 0 heterocycles. The van der Waals surface area contributed by atoms with Crippen LogP contribution in [0.1, 0.15) is 27.0 Å². The summed E-state index contributed by atoms with van der Waals surface area (Å²) in [7, 11) is 1.54. The summed E-state index contributed by atoms with van der Waals surface area (Å²) < 4.78 is 25.3. The highest BCUT2D eigenvalue weighted by molar-refractivity contribution is 9.10. The van der Waals surface area contributed by atoms with E-state index in [1.165, 1.54) is 19.2 Å². The smallest absolute Gasteiger partial charge is 0.336 e. The number of nitrogens with one attached hydrogen (secondary N) is 1. The Labute approximate surface area is 192 Å². The van der Waals surface area contributed by atoms with Crippen molar-refractivity contribution in [1.29, 1.82) is 0 Å². The van der Waals surface area contributed by atoms with Crippen molar-refractivity contribution in [2.75, 3.05) is 12.4 Å². The van der Waals surface area contributed by atoms with Gasteiger partial charge in [0.25, 0.3) is 0 Å². The van der Waals surface area contributed by atoms with E-state index in [-0.39, 0.29) is 17.2 Å². The van der Waals surface area contributed by atoms with Crippen LogP contribution in [0.5, 0.6) is 11.5 Å². The lowest BCUT2D eigenvalue weighted by atomic mass is 10.1. The Hall–Kier alpha value is -2.77. The molecule has 0 aromatic heterocycles. The number of aromatic carboxylic acids is 1. The molecule has 0 aliphatic heterocycles. The van der Waals surface area contributed by atoms with Crippen molar-refractivity contribution in [1.82, 2.24) is 0 Å². The number of carbonyl (C=O) groups is 1.